The molecule has 0 aromatic carbocycles. The fraction of sp³-hybridized carbons (Fsp3) is 0.688. The van der Waals surface area contributed by atoms with E-state index in [1.165, 1.54) is 25.0 Å². The number of methoxy groups -OCH3 is 1. The molecule has 2 aliphatic rings. The molecule has 0 bridgehead atoms. The largest absolute Gasteiger partial charge is 0.394 e. The topological polar surface area (TPSA) is 120 Å². The lowest BCUT2D eigenvalue weighted by atomic mass is 9.78. The van der Waals surface area contributed by atoms with Gasteiger partial charge in [0.2, 0.25) is 0 Å². The van der Waals surface area contributed by atoms with E-state index in [2.05, 4.69) is 5.32 Å². The average Bonchev–Trinajstić information content (AvgIpc) is 3.35. The number of carbonyl (C=O) groups is 1. The summed E-state index contributed by atoms with van der Waals surface area (Å²) in [5, 5.41) is 3.60. The lowest BCUT2D eigenvalue weighted by Crippen LogP contribution is -2.50. The number of ether oxygens (including phenoxy) is 1. The fourth-order valence-electron chi connectivity index (χ4n) is 2.95. The van der Waals surface area contributed by atoms with E-state index in [9.17, 15) is 4.79 Å². The van der Waals surface area contributed by atoms with Gasteiger partial charge in [-0.2, -0.15) is 0 Å². The third-order valence-electron chi connectivity index (χ3n) is 4.61. The molecule has 7 heteroatoms. The van der Waals surface area contributed by atoms with E-state index in [0.717, 1.165) is 19.4 Å². The SMILES string of the molecule is COCC1(CNC2CC2)CCN(C(=O)/C(N)=C/C=C(N)N)CC1. The van der Waals surface area contributed by atoms with E-state index in [0.29, 0.717) is 25.7 Å². The molecule has 0 spiro atoms. The first kappa shape index (κ1) is 17.6. The van der Waals surface area contributed by atoms with E-state index in [1.54, 1.807) is 12.0 Å². The summed E-state index contributed by atoms with van der Waals surface area (Å²) in [7, 11) is 1.74. The molecular weight excluding hydrogens is 294 g/mol. The van der Waals surface area contributed by atoms with E-state index >= 15 is 0 Å². The van der Waals surface area contributed by atoms with Gasteiger partial charge in [0, 0.05) is 38.2 Å². The van der Waals surface area contributed by atoms with Crippen LogP contribution in [0, 0.1) is 5.41 Å². The van der Waals surface area contributed by atoms with Crippen molar-refractivity contribution in [1.82, 2.24) is 10.2 Å². The summed E-state index contributed by atoms with van der Waals surface area (Å²) in [5.74, 6) is -0.0340. The minimum atomic E-state index is -0.163. The summed E-state index contributed by atoms with van der Waals surface area (Å²) in [6, 6.07) is 0.676. The number of carbonyl (C=O) groups excluding carboxylic acids is 1. The third kappa shape index (κ3) is 5.14. The first-order valence-electron chi connectivity index (χ1n) is 8.16. The Hall–Kier alpha value is -1.73. The van der Waals surface area contributed by atoms with Crippen molar-refractivity contribution in [2.75, 3.05) is 33.4 Å². The van der Waals surface area contributed by atoms with Crippen LogP contribution in [0.4, 0.5) is 0 Å². The Morgan fingerprint density at radius 2 is 1.91 bits per heavy atom. The zero-order chi connectivity index (χ0) is 16.9. The number of nitrogens with one attached hydrogen (secondary N) is 1. The number of piperidine rings is 1. The number of likely N-dealkylation sites (tertiary alicyclic amines) is 1. The van der Waals surface area contributed by atoms with Crippen molar-refractivity contribution in [3.8, 4) is 0 Å². The summed E-state index contributed by atoms with van der Waals surface area (Å²) >= 11 is 0. The van der Waals surface area contributed by atoms with Gasteiger partial charge in [0.25, 0.3) is 5.91 Å². The molecule has 1 aliphatic carbocycles. The minimum absolute atomic E-state index is 0.105. The van der Waals surface area contributed by atoms with E-state index in [1.807, 2.05) is 0 Å². The van der Waals surface area contributed by atoms with Crippen molar-refractivity contribution in [2.24, 2.45) is 22.6 Å². The van der Waals surface area contributed by atoms with Crippen LogP contribution in [0.15, 0.2) is 23.7 Å². The van der Waals surface area contributed by atoms with E-state index in [-0.39, 0.29) is 22.8 Å². The monoisotopic (exact) mass is 323 g/mol. The number of hydrogen-bond donors (Lipinski definition) is 4. The minimum Gasteiger partial charge on any atom is -0.394 e. The highest BCUT2D eigenvalue weighted by Gasteiger charge is 2.37. The highest BCUT2D eigenvalue weighted by molar-refractivity contribution is 5.92. The van der Waals surface area contributed by atoms with Crippen molar-refractivity contribution < 1.29 is 9.53 Å². The molecule has 1 saturated carbocycles. The van der Waals surface area contributed by atoms with Crippen LogP contribution in [0.1, 0.15) is 25.7 Å². The van der Waals surface area contributed by atoms with Crippen molar-refractivity contribution in [3.05, 3.63) is 23.7 Å². The van der Waals surface area contributed by atoms with Crippen LogP contribution < -0.4 is 22.5 Å². The Balaban J connectivity index is 1.90. The van der Waals surface area contributed by atoms with Gasteiger partial charge in [0.15, 0.2) is 0 Å². The Morgan fingerprint density at radius 3 is 2.43 bits per heavy atom. The summed E-state index contributed by atoms with van der Waals surface area (Å²) in [4.78, 5) is 14.1. The molecule has 1 heterocycles. The predicted molar refractivity (Wildman–Crippen MR) is 89.9 cm³/mol. The molecule has 0 aromatic heterocycles. The molecule has 1 amide bonds. The zero-order valence-corrected chi connectivity index (χ0v) is 13.9. The van der Waals surface area contributed by atoms with Crippen LogP contribution in [0.5, 0.6) is 0 Å². The average molecular weight is 323 g/mol. The van der Waals surface area contributed by atoms with Crippen LogP contribution in [0.2, 0.25) is 0 Å². The van der Waals surface area contributed by atoms with Crippen LogP contribution in [-0.2, 0) is 9.53 Å². The summed E-state index contributed by atoms with van der Waals surface area (Å²) in [6.45, 7) is 3.04. The first-order chi connectivity index (χ1) is 11.0. The van der Waals surface area contributed by atoms with Crippen molar-refractivity contribution >= 4 is 5.91 Å². The van der Waals surface area contributed by atoms with Crippen LogP contribution in [0.25, 0.3) is 0 Å². The van der Waals surface area contributed by atoms with Crippen LogP contribution in [0.3, 0.4) is 0 Å². The number of nitrogens with two attached hydrogens (primary N) is 3. The standard InChI is InChI=1S/C16H29N5O2/c1-23-11-16(10-20-12-2-3-12)6-8-21(9-7-16)15(22)13(17)4-5-14(18)19/h4-5,12,20H,2-3,6-11,17-19H2,1H3/b13-4-. The van der Waals surface area contributed by atoms with Crippen molar-refractivity contribution in [1.29, 1.82) is 0 Å². The maximum Gasteiger partial charge on any atom is 0.269 e. The van der Waals surface area contributed by atoms with Gasteiger partial charge in [0.1, 0.15) is 0 Å². The molecule has 7 N–H and O–H groups in total. The second-order valence-electron chi connectivity index (χ2n) is 6.67. The van der Waals surface area contributed by atoms with Gasteiger partial charge in [-0.3, -0.25) is 4.79 Å². The first-order valence-corrected chi connectivity index (χ1v) is 8.16. The molecule has 130 valence electrons. The molecule has 0 atom stereocenters. The molecule has 7 nitrogen and oxygen atoms in total. The molecule has 2 rings (SSSR count). The molecule has 23 heavy (non-hydrogen) atoms. The highest BCUT2D eigenvalue weighted by Crippen LogP contribution is 2.33. The van der Waals surface area contributed by atoms with Crippen molar-refractivity contribution in [3.63, 3.8) is 0 Å². The number of amides is 1. The van der Waals surface area contributed by atoms with Gasteiger partial charge < -0.3 is 32.2 Å². The Bertz CT molecular complexity index is 473. The van der Waals surface area contributed by atoms with Gasteiger partial charge in [-0.1, -0.05) is 0 Å². The Morgan fingerprint density at radius 1 is 1.26 bits per heavy atom. The summed E-state index contributed by atoms with van der Waals surface area (Å²) < 4.78 is 5.43. The number of allylic oxidation sites excluding steroid dienone is 2. The maximum atomic E-state index is 12.3. The van der Waals surface area contributed by atoms with Gasteiger partial charge in [-0.15, -0.1) is 0 Å². The second kappa shape index (κ2) is 7.70. The Kier molecular flexibility index (Phi) is 5.90. The lowest BCUT2D eigenvalue weighted by Gasteiger charge is -2.41. The molecule has 0 aromatic rings. The fourth-order valence-corrected chi connectivity index (χ4v) is 2.95. The quantitative estimate of drug-likeness (QED) is 0.374. The van der Waals surface area contributed by atoms with Gasteiger partial charge in [-0.05, 0) is 37.8 Å². The molecule has 0 radical (unpaired) electrons. The van der Waals surface area contributed by atoms with E-state index in [4.69, 9.17) is 21.9 Å². The second-order valence-corrected chi connectivity index (χ2v) is 6.67. The van der Waals surface area contributed by atoms with Crippen LogP contribution >= 0.6 is 0 Å². The van der Waals surface area contributed by atoms with Crippen LogP contribution in [-0.4, -0.2) is 50.2 Å². The molecule has 0 unspecified atom stereocenters. The zero-order valence-electron chi connectivity index (χ0n) is 13.9. The summed E-state index contributed by atoms with van der Waals surface area (Å²) in [6.07, 6.45) is 7.26. The maximum absolute atomic E-state index is 12.3. The van der Waals surface area contributed by atoms with Gasteiger partial charge >= 0.3 is 0 Å². The molecule has 1 saturated heterocycles. The normalized spacial score (nSPS) is 21.1. The number of rotatable bonds is 7. The molecular formula is C16H29N5O2. The van der Waals surface area contributed by atoms with Gasteiger partial charge in [0.05, 0.1) is 18.1 Å². The van der Waals surface area contributed by atoms with Crippen molar-refractivity contribution in [2.45, 2.75) is 31.7 Å². The Labute approximate surface area is 137 Å². The number of hydrogen-bond acceptors (Lipinski definition) is 6. The lowest BCUT2D eigenvalue weighted by molar-refractivity contribution is -0.130. The smallest absolute Gasteiger partial charge is 0.269 e. The van der Waals surface area contributed by atoms with Gasteiger partial charge in [-0.25, -0.2) is 0 Å². The van der Waals surface area contributed by atoms with E-state index < -0.39 is 0 Å². The summed E-state index contributed by atoms with van der Waals surface area (Å²) in [5.41, 5.74) is 16.8. The molecule has 2 fully saturated rings. The molecule has 1 aliphatic heterocycles. The third-order valence-corrected chi connectivity index (χ3v) is 4.61. The predicted octanol–water partition coefficient (Wildman–Crippen LogP) is -0.405. The number of nitrogens with zero attached hydrogens (tertiary/aromatic N) is 1. The highest BCUT2D eigenvalue weighted by atomic mass is 16.5.